The fourth-order valence-corrected chi connectivity index (χ4v) is 2.99. The number of hydrogen-bond acceptors (Lipinski definition) is 3. The fourth-order valence-electron chi connectivity index (χ4n) is 2.80. The van der Waals surface area contributed by atoms with E-state index in [0.29, 0.717) is 5.15 Å². The van der Waals surface area contributed by atoms with Gasteiger partial charge in [0.2, 0.25) is 0 Å². The van der Waals surface area contributed by atoms with E-state index in [1.54, 1.807) is 6.20 Å². The van der Waals surface area contributed by atoms with Crippen molar-refractivity contribution >= 4 is 11.6 Å². The van der Waals surface area contributed by atoms with Crippen LogP contribution in [0, 0.1) is 0 Å². The summed E-state index contributed by atoms with van der Waals surface area (Å²) in [5.41, 5.74) is 1.23. The minimum absolute atomic E-state index is 0.581. The third-order valence-electron chi connectivity index (χ3n) is 3.67. The van der Waals surface area contributed by atoms with Gasteiger partial charge in [-0.25, -0.2) is 4.98 Å². The Morgan fingerprint density at radius 2 is 2.39 bits per heavy atom. The van der Waals surface area contributed by atoms with Crippen molar-refractivity contribution in [2.24, 2.45) is 0 Å². The Morgan fingerprint density at radius 1 is 1.56 bits per heavy atom. The molecule has 0 bridgehead atoms. The number of halogens is 1. The predicted molar refractivity (Wildman–Crippen MR) is 75.9 cm³/mol. The van der Waals surface area contributed by atoms with E-state index >= 15 is 0 Å². The van der Waals surface area contributed by atoms with Gasteiger partial charge < -0.3 is 4.90 Å². The Hall–Kier alpha value is -0.640. The van der Waals surface area contributed by atoms with Gasteiger partial charge in [-0.15, -0.1) is 0 Å². The number of rotatable bonds is 5. The highest BCUT2D eigenvalue weighted by atomic mass is 35.5. The molecule has 0 N–H and O–H groups in total. The van der Waals surface area contributed by atoms with E-state index in [0.717, 1.165) is 19.1 Å². The second-order valence-corrected chi connectivity index (χ2v) is 5.50. The Morgan fingerprint density at radius 3 is 3.11 bits per heavy atom. The molecule has 100 valence electrons. The first kappa shape index (κ1) is 13.8. The second-order valence-electron chi connectivity index (χ2n) is 5.11. The van der Waals surface area contributed by atoms with Gasteiger partial charge in [0.15, 0.2) is 0 Å². The number of likely N-dealkylation sites (tertiary alicyclic amines) is 1. The SMILES string of the molecule is CCN1CCCC1CN(C)Cc1ccnc(Cl)c1. The van der Waals surface area contributed by atoms with Crippen LogP contribution in [0.15, 0.2) is 18.3 Å². The number of hydrogen-bond donors (Lipinski definition) is 0. The molecule has 0 spiro atoms. The van der Waals surface area contributed by atoms with Crippen molar-refractivity contribution in [3.05, 3.63) is 29.0 Å². The zero-order valence-corrected chi connectivity index (χ0v) is 12.0. The van der Waals surface area contributed by atoms with Gasteiger partial charge in [0, 0.05) is 25.3 Å². The lowest BCUT2D eigenvalue weighted by Crippen LogP contribution is -2.38. The molecular weight excluding hydrogens is 246 g/mol. The van der Waals surface area contributed by atoms with Gasteiger partial charge in [0.25, 0.3) is 0 Å². The maximum Gasteiger partial charge on any atom is 0.129 e. The maximum atomic E-state index is 5.91. The fraction of sp³-hybridized carbons (Fsp3) is 0.643. The summed E-state index contributed by atoms with van der Waals surface area (Å²) in [6.07, 6.45) is 4.45. The summed E-state index contributed by atoms with van der Waals surface area (Å²) in [4.78, 5) is 8.97. The first-order valence-corrected chi connectivity index (χ1v) is 7.10. The molecule has 18 heavy (non-hydrogen) atoms. The number of aromatic nitrogens is 1. The molecule has 1 aliphatic heterocycles. The summed E-state index contributed by atoms with van der Waals surface area (Å²) in [5.74, 6) is 0. The molecule has 0 saturated carbocycles. The van der Waals surface area contributed by atoms with E-state index in [-0.39, 0.29) is 0 Å². The van der Waals surface area contributed by atoms with Crippen molar-refractivity contribution in [3.63, 3.8) is 0 Å². The van der Waals surface area contributed by atoms with Gasteiger partial charge in [-0.2, -0.15) is 0 Å². The minimum Gasteiger partial charge on any atom is -0.301 e. The highest BCUT2D eigenvalue weighted by molar-refractivity contribution is 6.29. The molecule has 1 aliphatic rings. The quantitative estimate of drug-likeness (QED) is 0.765. The molecular formula is C14H22ClN3. The largest absolute Gasteiger partial charge is 0.301 e. The van der Waals surface area contributed by atoms with Crippen molar-refractivity contribution in [2.75, 3.05) is 26.7 Å². The van der Waals surface area contributed by atoms with Crippen molar-refractivity contribution in [3.8, 4) is 0 Å². The topological polar surface area (TPSA) is 19.4 Å². The Balaban J connectivity index is 1.86. The summed E-state index contributed by atoms with van der Waals surface area (Å²) in [5, 5.41) is 0.581. The average Bonchev–Trinajstić information content (AvgIpc) is 2.76. The minimum atomic E-state index is 0.581. The van der Waals surface area contributed by atoms with Crippen LogP contribution in [0.5, 0.6) is 0 Å². The molecule has 4 heteroatoms. The van der Waals surface area contributed by atoms with Crippen LogP contribution in [0.2, 0.25) is 5.15 Å². The number of pyridine rings is 1. The lowest BCUT2D eigenvalue weighted by Gasteiger charge is -2.27. The molecule has 2 rings (SSSR count). The molecule has 1 aromatic rings. The first-order valence-electron chi connectivity index (χ1n) is 6.72. The maximum absolute atomic E-state index is 5.91. The van der Waals surface area contributed by atoms with Gasteiger partial charge in [-0.3, -0.25) is 4.90 Å². The average molecular weight is 268 g/mol. The first-order chi connectivity index (χ1) is 8.69. The standard InChI is InChI=1S/C14H22ClN3/c1-3-18-8-4-5-13(18)11-17(2)10-12-6-7-16-14(15)9-12/h6-7,9,13H,3-5,8,10-11H2,1-2H3. The van der Waals surface area contributed by atoms with Gasteiger partial charge in [0.05, 0.1) is 0 Å². The molecule has 0 aliphatic carbocycles. The van der Waals surface area contributed by atoms with Crippen LogP contribution in [-0.2, 0) is 6.54 Å². The molecule has 1 aromatic heterocycles. The van der Waals surface area contributed by atoms with Crippen LogP contribution in [-0.4, -0.2) is 47.5 Å². The summed E-state index contributed by atoms with van der Waals surface area (Å²) in [7, 11) is 2.18. The summed E-state index contributed by atoms with van der Waals surface area (Å²) >= 11 is 5.91. The molecule has 3 nitrogen and oxygen atoms in total. The number of nitrogens with zero attached hydrogens (tertiary/aromatic N) is 3. The molecule has 1 atom stereocenters. The third kappa shape index (κ3) is 3.67. The molecule has 1 unspecified atom stereocenters. The molecule has 0 aromatic carbocycles. The Labute approximate surface area is 115 Å². The van der Waals surface area contributed by atoms with Crippen molar-refractivity contribution in [1.82, 2.24) is 14.8 Å². The van der Waals surface area contributed by atoms with Gasteiger partial charge in [-0.1, -0.05) is 18.5 Å². The predicted octanol–water partition coefficient (Wildman–Crippen LogP) is 2.65. The highest BCUT2D eigenvalue weighted by Gasteiger charge is 2.23. The smallest absolute Gasteiger partial charge is 0.129 e. The summed E-state index contributed by atoms with van der Waals surface area (Å²) < 4.78 is 0. The Bertz CT molecular complexity index is 383. The zero-order valence-electron chi connectivity index (χ0n) is 11.3. The summed E-state index contributed by atoms with van der Waals surface area (Å²) in [6, 6.07) is 4.70. The Kier molecular flexibility index (Phi) is 4.98. The van der Waals surface area contributed by atoms with Crippen LogP contribution in [0.1, 0.15) is 25.3 Å². The van der Waals surface area contributed by atoms with Crippen LogP contribution in [0.4, 0.5) is 0 Å². The van der Waals surface area contributed by atoms with E-state index < -0.39 is 0 Å². The van der Waals surface area contributed by atoms with E-state index in [4.69, 9.17) is 11.6 Å². The molecule has 0 amide bonds. The monoisotopic (exact) mass is 267 g/mol. The second kappa shape index (κ2) is 6.50. The van der Waals surface area contributed by atoms with Crippen molar-refractivity contribution < 1.29 is 0 Å². The van der Waals surface area contributed by atoms with Gasteiger partial charge in [-0.05, 0) is 50.7 Å². The van der Waals surface area contributed by atoms with Crippen LogP contribution in [0.3, 0.4) is 0 Å². The van der Waals surface area contributed by atoms with E-state index in [2.05, 4.69) is 28.8 Å². The third-order valence-corrected chi connectivity index (χ3v) is 3.88. The molecule has 1 saturated heterocycles. The molecule has 0 radical (unpaired) electrons. The summed E-state index contributed by atoms with van der Waals surface area (Å²) in [6.45, 7) is 6.75. The zero-order chi connectivity index (χ0) is 13.0. The van der Waals surface area contributed by atoms with E-state index in [1.807, 2.05) is 12.1 Å². The van der Waals surface area contributed by atoms with Crippen LogP contribution >= 0.6 is 11.6 Å². The van der Waals surface area contributed by atoms with Crippen LogP contribution in [0.25, 0.3) is 0 Å². The van der Waals surface area contributed by atoms with Crippen molar-refractivity contribution in [2.45, 2.75) is 32.4 Å². The normalized spacial score (nSPS) is 20.8. The van der Waals surface area contributed by atoms with E-state index in [1.165, 1.54) is 31.5 Å². The van der Waals surface area contributed by atoms with Gasteiger partial charge in [0.1, 0.15) is 5.15 Å². The molecule has 2 heterocycles. The molecule has 1 fully saturated rings. The number of likely N-dealkylation sites (N-methyl/N-ethyl adjacent to an activating group) is 2. The lowest BCUT2D eigenvalue weighted by molar-refractivity contribution is 0.195. The van der Waals surface area contributed by atoms with Crippen molar-refractivity contribution in [1.29, 1.82) is 0 Å². The van der Waals surface area contributed by atoms with E-state index in [9.17, 15) is 0 Å². The van der Waals surface area contributed by atoms with Gasteiger partial charge >= 0.3 is 0 Å². The highest BCUT2D eigenvalue weighted by Crippen LogP contribution is 2.18. The lowest BCUT2D eigenvalue weighted by atomic mass is 10.2. The van der Waals surface area contributed by atoms with Crippen LogP contribution < -0.4 is 0 Å².